The van der Waals surface area contributed by atoms with Gasteiger partial charge in [0.1, 0.15) is 0 Å². The molecule has 3 nitrogen and oxygen atoms in total. The van der Waals surface area contributed by atoms with Gasteiger partial charge in [-0.05, 0) is 28.9 Å². The van der Waals surface area contributed by atoms with Crippen molar-refractivity contribution in [3.63, 3.8) is 0 Å². The van der Waals surface area contributed by atoms with Crippen LogP contribution >= 0.6 is 27.3 Å². The Labute approximate surface area is 89.3 Å². The van der Waals surface area contributed by atoms with E-state index in [1.54, 1.807) is 11.3 Å². The van der Waals surface area contributed by atoms with Crippen LogP contribution in [0.15, 0.2) is 9.30 Å². The van der Waals surface area contributed by atoms with Crippen molar-refractivity contribution < 1.29 is 5.11 Å². The number of aliphatic hydroxyl groups is 1. The van der Waals surface area contributed by atoms with Crippen LogP contribution in [0.1, 0.15) is 12.1 Å². The first-order valence-corrected chi connectivity index (χ1v) is 5.88. The van der Waals surface area contributed by atoms with Crippen molar-refractivity contribution in [3.05, 3.63) is 15.0 Å². The molecule has 1 aliphatic heterocycles. The lowest BCUT2D eigenvalue weighted by molar-refractivity contribution is 0.0610. The van der Waals surface area contributed by atoms with Gasteiger partial charge in [-0.2, -0.15) is 0 Å². The lowest BCUT2D eigenvalue weighted by Crippen LogP contribution is -2.33. The van der Waals surface area contributed by atoms with Crippen LogP contribution in [-0.2, 0) is 6.42 Å². The fourth-order valence-electron chi connectivity index (χ4n) is 1.58. The quantitative estimate of drug-likeness (QED) is 0.842. The van der Waals surface area contributed by atoms with E-state index in [0.717, 1.165) is 22.6 Å². The molecule has 0 aromatic carbocycles. The van der Waals surface area contributed by atoms with Crippen molar-refractivity contribution in [2.45, 2.75) is 18.4 Å². The molecule has 1 saturated heterocycles. The number of halogens is 1. The zero-order valence-electron chi connectivity index (χ0n) is 7.09. The summed E-state index contributed by atoms with van der Waals surface area (Å²) in [7, 11) is 0. The predicted octanol–water partition coefficient (Wildman–Crippen LogP) is 1.17. The number of nitrogens with one attached hydrogen (secondary N) is 1. The summed E-state index contributed by atoms with van der Waals surface area (Å²) in [6.45, 7) is 1.59. The number of aromatic nitrogens is 1. The molecule has 1 atom stereocenters. The van der Waals surface area contributed by atoms with E-state index in [1.165, 1.54) is 0 Å². The molecular formula is C8H11BrN2OS. The van der Waals surface area contributed by atoms with Gasteiger partial charge in [0.2, 0.25) is 0 Å². The largest absolute Gasteiger partial charge is 0.388 e. The van der Waals surface area contributed by atoms with Gasteiger partial charge in [-0.15, -0.1) is 11.3 Å². The number of nitrogens with zero attached hydrogens (tertiary/aromatic N) is 1. The summed E-state index contributed by atoms with van der Waals surface area (Å²) in [4.78, 5) is 4.27. The van der Waals surface area contributed by atoms with E-state index in [9.17, 15) is 5.11 Å². The highest BCUT2D eigenvalue weighted by Crippen LogP contribution is 2.23. The van der Waals surface area contributed by atoms with Gasteiger partial charge in [-0.3, -0.25) is 0 Å². The topological polar surface area (TPSA) is 45.2 Å². The molecule has 72 valence electrons. The van der Waals surface area contributed by atoms with Gasteiger partial charge in [-0.1, -0.05) is 0 Å². The second-order valence-electron chi connectivity index (χ2n) is 3.42. The van der Waals surface area contributed by atoms with E-state index < -0.39 is 5.60 Å². The van der Waals surface area contributed by atoms with Crippen LogP contribution in [0, 0.1) is 0 Å². The maximum absolute atomic E-state index is 10.0. The Morgan fingerprint density at radius 1 is 1.77 bits per heavy atom. The van der Waals surface area contributed by atoms with Crippen LogP contribution < -0.4 is 5.32 Å². The van der Waals surface area contributed by atoms with Gasteiger partial charge in [0.25, 0.3) is 0 Å². The monoisotopic (exact) mass is 262 g/mol. The van der Waals surface area contributed by atoms with Crippen LogP contribution in [-0.4, -0.2) is 28.8 Å². The highest BCUT2D eigenvalue weighted by atomic mass is 79.9. The number of β-amino-alcohol motifs (C(OH)–C–C–N with tert-alkyl or cyclic N) is 1. The minimum atomic E-state index is -0.576. The minimum Gasteiger partial charge on any atom is -0.388 e. The zero-order valence-corrected chi connectivity index (χ0v) is 9.49. The number of hydrogen-bond donors (Lipinski definition) is 2. The van der Waals surface area contributed by atoms with Crippen molar-refractivity contribution in [3.8, 4) is 0 Å². The molecule has 1 fully saturated rings. The number of hydrogen-bond acceptors (Lipinski definition) is 4. The van der Waals surface area contributed by atoms with Gasteiger partial charge >= 0.3 is 0 Å². The Balaban J connectivity index is 2.04. The summed E-state index contributed by atoms with van der Waals surface area (Å²) < 4.78 is 0.886. The first-order valence-electron chi connectivity index (χ1n) is 4.21. The Kier molecular flexibility index (Phi) is 2.69. The van der Waals surface area contributed by atoms with Gasteiger partial charge in [0.15, 0.2) is 3.92 Å². The van der Waals surface area contributed by atoms with E-state index in [-0.39, 0.29) is 0 Å². The molecule has 0 amide bonds. The molecule has 1 aromatic heterocycles. The van der Waals surface area contributed by atoms with Crippen LogP contribution in [0.2, 0.25) is 0 Å². The molecule has 0 spiro atoms. The molecule has 2 N–H and O–H groups in total. The van der Waals surface area contributed by atoms with E-state index >= 15 is 0 Å². The smallest absolute Gasteiger partial charge is 0.159 e. The average Bonchev–Trinajstić information content (AvgIpc) is 2.62. The Hall–Kier alpha value is 0.0300. The fraction of sp³-hybridized carbons (Fsp3) is 0.625. The summed E-state index contributed by atoms with van der Waals surface area (Å²) in [6, 6.07) is 0. The van der Waals surface area contributed by atoms with Gasteiger partial charge in [0, 0.05) is 18.3 Å². The van der Waals surface area contributed by atoms with Crippen molar-refractivity contribution in [2.75, 3.05) is 13.1 Å². The van der Waals surface area contributed by atoms with Crippen molar-refractivity contribution >= 4 is 27.3 Å². The zero-order chi connectivity index (χ0) is 9.31. The highest BCUT2D eigenvalue weighted by molar-refractivity contribution is 9.11. The van der Waals surface area contributed by atoms with E-state index in [1.807, 2.05) is 5.38 Å². The SMILES string of the molecule is OC1(Cc2csc(Br)n2)CCNC1. The Morgan fingerprint density at radius 3 is 3.15 bits per heavy atom. The lowest BCUT2D eigenvalue weighted by atomic mass is 9.97. The first kappa shape index (κ1) is 9.58. The molecule has 0 bridgehead atoms. The molecule has 0 saturated carbocycles. The molecule has 13 heavy (non-hydrogen) atoms. The summed E-state index contributed by atoms with van der Waals surface area (Å²) in [6.07, 6.45) is 1.48. The highest BCUT2D eigenvalue weighted by Gasteiger charge is 2.31. The van der Waals surface area contributed by atoms with Crippen LogP contribution in [0.25, 0.3) is 0 Å². The number of rotatable bonds is 2. The third-order valence-electron chi connectivity index (χ3n) is 2.26. The van der Waals surface area contributed by atoms with Crippen LogP contribution in [0.5, 0.6) is 0 Å². The van der Waals surface area contributed by atoms with Crippen LogP contribution in [0.3, 0.4) is 0 Å². The second-order valence-corrected chi connectivity index (χ2v) is 5.55. The molecule has 1 aliphatic rings. The standard InChI is InChI=1S/C8H11BrN2OS/c9-7-11-6(4-13-7)3-8(12)1-2-10-5-8/h4,10,12H,1-3,5H2. The third-order valence-corrected chi connectivity index (χ3v) is 3.67. The molecule has 1 aromatic rings. The summed E-state index contributed by atoms with van der Waals surface area (Å²) >= 11 is 4.87. The van der Waals surface area contributed by atoms with Gasteiger partial charge in [0.05, 0.1) is 11.3 Å². The van der Waals surface area contributed by atoms with E-state index in [4.69, 9.17) is 0 Å². The van der Waals surface area contributed by atoms with Gasteiger partial charge in [-0.25, -0.2) is 4.98 Å². The molecule has 2 rings (SSSR count). The normalized spacial score (nSPS) is 28.2. The van der Waals surface area contributed by atoms with Crippen molar-refractivity contribution in [2.24, 2.45) is 0 Å². The predicted molar refractivity (Wildman–Crippen MR) is 56.0 cm³/mol. The molecule has 5 heteroatoms. The van der Waals surface area contributed by atoms with E-state index in [2.05, 4.69) is 26.2 Å². The Bertz CT molecular complexity index is 296. The lowest BCUT2D eigenvalue weighted by Gasteiger charge is -2.19. The molecule has 0 aliphatic carbocycles. The summed E-state index contributed by atoms with van der Waals surface area (Å²) in [5.41, 5.74) is 0.399. The molecule has 0 radical (unpaired) electrons. The fourth-order valence-corrected chi connectivity index (χ4v) is 2.63. The maximum atomic E-state index is 10.0. The van der Waals surface area contributed by atoms with Crippen molar-refractivity contribution in [1.29, 1.82) is 0 Å². The van der Waals surface area contributed by atoms with Crippen molar-refractivity contribution in [1.82, 2.24) is 10.3 Å². The molecular weight excluding hydrogens is 252 g/mol. The molecule has 2 heterocycles. The van der Waals surface area contributed by atoms with Gasteiger partial charge < -0.3 is 10.4 Å². The summed E-state index contributed by atoms with van der Waals surface area (Å²) in [5, 5.41) is 15.2. The third kappa shape index (κ3) is 2.28. The molecule has 1 unspecified atom stereocenters. The average molecular weight is 263 g/mol. The Morgan fingerprint density at radius 2 is 2.62 bits per heavy atom. The maximum Gasteiger partial charge on any atom is 0.159 e. The van der Waals surface area contributed by atoms with E-state index in [0.29, 0.717) is 13.0 Å². The summed E-state index contributed by atoms with van der Waals surface area (Å²) in [5.74, 6) is 0. The second kappa shape index (κ2) is 3.65. The van der Waals surface area contributed by atoms with Crippen LogP contribution in [0.4, 0.5) is 0 Å². The minimum absolute atomic E-state index is 0.576. The first-order chi connectivity index (χ1) is 6.18. The number of thiazole rings is 1.